The molecule has 9 heteroatoms. The van der Waals surface area contributed by atoms with E-state index in [-0.39, 0.29) is 18.4 Å². The molecule has 0 saturated carbocycles. The van der Waals surface area contributed by atoms with Crippen LogP contribution in [0.2, 0.25) is 0 Å². The summed E-state index contributed by atoms with van der Waals surface area (Å²) in [5, 5.41) is 6.45. The van der Waals surface area contributed by atoms with Crippen LogP contribution in [0.4, 0.5) is 0 Å². The average Bonchev–Trinajstić information content (AvgIpc) is 3.04. The molecule has 0 aliphatic carbocycles. The van der Waals surface area contributed by atoms with Gasteiger partial charge >= 0.3 is 0 Å². The van der Waals surface area contributed by atoms with E-state index in [1.165, 1.54) is 18.0 Å². The predicted molar refractivity (Wildman–Crippen MR) is 117 cm³/mol. The largest absolute Gasteiger partial charge is 0.497 e. The van der Waals surface area contributed by atoms with E-state index in [1.54, 1.807) is 49.6 Å². The fourth-order valence-electron chi connectivity index (χ4n) is 2.28. The van der Waals surface area contributed by atoms with E-state index < -0.39 is 0 Å². The van der Waals surface area contributed by atoms with Crippen LogP contribution in [0.25, 0.3) is 6.08 Å². The minimum Gasteiger partial charge on any atom is -0.497 e. The molecule has 29 heavy (non-hydrogen) atoms. The standard InChI is InChI=1S/C20H17N3O4S2/c1-26-15-6-4-14(5-7-15)11-21-23-18(24)12-27-16-8-2-13(3-9-16)10-17-19(25)22-20(28)29-17/h2-11H,12H2,1H3,(H,23,24)(H,22,25,28)/b17-10-,21-11+. The van der Waals surface area contributed by atoms with Crippen molar-refractivity contribution < 1.29 is 19.1 Å². The average molecular weight is 428 g/mol. The second-order valence-electron chi connectivity index (χ2n) is 5.78. The summed E-state index contributed by atoms with van der Waals surface area (Å²) in [6.07, 6.45) is 3.27. The summed E-state index contributed by atoms with van der Waals surface area (Å²) in [5.74, 6) is 0.691. The number of nitrogens with zero attached hydrogens (tertiary/aromatic N) is 1. The lowest BCUT2D eigenvalue weighted by Crippen LogP contribution is -2.24. The second-order valence-corrected chi connectivity index (χ2v) is 7.50. The lowest BCUT2D eigenvalue weighted by molar-refractivity contribution is -0.123. The number of rotatable bonds is 7. The van der Waals surface area contributed by atoms with E-state index in [9.17, 15) is 9.59 Å². The van der Waals surface area contributed by atoms with Crippen LogP contribution in [0.5, 0.6) is 11.5 Å². The molecule has 0 aromatic heterocycles. The number of nitrogens with one attached hydrogen (secondary N) is 2. The summed E-state index contributed by atoms with van der Waals surface area (Å²) in [6, 6.07) is 14.3. The number of carbonyl (C=O) groups is 2. The van der Waals surface area contributed by atoms with Crippen molar-refractivity contribution in [1.29, 1.82) is 0 Å². The quantitative estimate of drug-likeness (QED) is 0.306. The minimum atomic E-state index is -0.381. The molecular formula is C20H17N3O4S2. The molecule has 0 spiro atoms. The Labute approximate surface area is 177 Å². The third-order valence-electron chi connectivity index (χ3n) is 3.71. The zero-order chi connectivity index (χ0) is 20.6. The number of ether oxygens (including phenoxy) is 2. The third kappa shape index (κ3) is 6.16. The Morgan fingerprint density at radius 2 is 1.79 bits per heavy atom. The first-order valence-corrected chi connectivity index (χ1v) is 9.69. The highest BCUT2D eigenvalue weighted by Crippen LogP contribution is 2.26. The van der Waals surface area contributed by atoms with E-state index >= 15 is 0 Å². The predicted octanol–water partition coefficient (Wildman–Crippen LogP) is 2.71. The first-order valence-electron chi connectivity index (χ1n) is 8.47. The molecule has 1 fully saturated rings. The van der Waals surface area contributed by atoms with Crippen molar-refractivity contribution in [3.63, 3.8) is 0 Å². The summed E-state index contributed by atoms with van der Waals surface area (Å²) in [6.45, 7) is -0.174. The fraction of sp³-hybridized carbons (Fsp3) is 0.100. The molecule has 7 nitrogen and oxygen atoms in total. The van der Waals surface area contributed by atoms with E-state index in [0.717, 1.165) is 16.9 Å². The molecule has 1 saturated heterocycles. The first kappa shape index (κ1) is 20.6. The highest BCUT2D eigenvalue weighted by atomic mass is 32.2. The number of hydrazone groups is 1. The molecule has 1 heterocycles. The molecule has 0 atom stereocenters. The molecule has 2 amide bonds. The lowest BCUT2D eigenvalue weighted by atomic mass is 10.2. The number of amides is 2. The number of hydrogen-bond acceptors (Lipinski definition) is 7. The maximum Gasteiger partial charge on any atom is 0.277 e. The number of thiocarbonyl (C=S) groups is 1. The molecule has 3 rings (SSSR count). The highest BCUT2D eigenvalue weighted by molar-refractivity contribution is 8.26. The van der Waals surface area contributed by atoms with E-state index in [2.05, 4.69) is 15.8 Å². The summed E-state index contributed by atoms with van der Waals surface area (Å²) >= 11 is 6.18. The van der Waals surface area contributed by atoms with Crippen LogP contribution in [-0.4, -0.2) is 36.1 Å². The Morgan fingerprint density at radius 3 is 2.41 bits per heavy atom. The van der Waals surface area contributed by atoms with Crippen LogP contribution in [0.1, 0.15) is 11.1 Å². The van der Waals surface area contributed by atoms with Crippen molar-refractivity contribution in [2.75, 3.05) is 13.7 Å². The molecule has 1 aliphatic rings. The smallest absolute Gasteiger partial charge is 0.277 e. The SMILES string of the molecule is COc1ccc(/C=N/NC(=O)COc2ccc(/C=C3\SC(=S)NC3=O)cc2)cc1. The molecule has 0 radical (unpaired) electrons. The van der Waals surface area contributed by atoms with Gasteiger partial charge in [-0.2, -0.15) is 5.10 Å². The van der Waals surface area contributed by atoms with Crippen LogP contribution < -0.4 is 20.2 Å². The molecular weight excluding hydrogens is 410 g/mol. The number of hydrogen-bond donors (Lipinski definition) is 2. The van der Waals surface area contributed by atoms with Crippen LogP contribution in [0, 0.1) is 0 Å². The number of methoxy groups -OCH3 is 1. The molecule has 0 bridgehead atoms. The summed E-state index contributed by atoms with van der Waals surface area (Å²) in [7, 11) is 1.59. The van der Waals surface area contributed by atoms with Gasteiger partial charge in [-0.15, -0.1) is 0 Å². The fourth-order valence-corrected chi connectivity index (χ4v) is 3.33. The van der Waals surface area contributed by atoms with Gasteiger partial charge in [0.2, 0.25) is 0 Å². The van der Waals surface area contributed by atoms with Crippen LogP contribution in [-0.2, 0) is 9.59 Å². The van der Waals surface area contributed by atoms with Gasteiger partial charge in [0.05, 0.1) is 18.2 Å². The van der Waals surface area contributed by atoms with Crippen LogP contribution >= 0.6 is 24.0 Å². The maximum absolute atomic E-state index is 11.8. The van der Waals surface area contributed by atoms with Gasteiger partial charge in [0, 0.05) is 0 Å². The molecule has 1 aliphatic heterocycles. The minimum absolute atomic E-state index is 0.174. The summed E-state index contributed by atoms with van der Waals surface area (Å²) < 4.78 is 11.0. The van der Waals surface area contributed by atoms with Crippen LogP contribution in [0.3, 0.4) is 0 Å². The maximum atomic E-state index is 11.8. The van der Waals surface area contributed by atoms with E-state index in [0.29, 0.717) is 15.0 Å². The summed E-state index contributed by atoms with van der Waals surface area (Å²) in [5.41, 5.74) is 4.06. The molecule has 148 valence electrons. The van der Waals surface area contributed by atoms with Gasteiger partial charge in [-0.05, 0) is 53.6 Å². The third-order valence-corrected chi connectivity index (χ3v) is 4.87. The normalized spacial score (nSPS) is 14.9. The molecule has 0 unspecified atom stereocenters. The molecule has 2 N–H and O–H groups in total. The summed E-state index contributed by atoms with van der Waals surface area (Å²) in [4.78, 5) is 24.0. The van der Waals surface area contributed by atoms with Gasteiger partial charge in [0.1, 0.15) is 15.8 Å². The number of thioether (sulfide) groups is 1. The van der Waals surface area contributed by atoms with Crippen molar-refractivity contribution in [3.8, 4) is 11.5 Å². The van der Waals surface area contributed by atoms with Crippen molar-refractivity contribution in [2.24, 2.45) is 5.10 Å². The number of carbonyl (C=O) groups excluding carboxylic acids is 2. The monoisotopic (exact) mass is 427 g/mol. The van der Waals surface area contributed by atoms with Crippen molar-refractivity contribution in [1.82, 2.24) is 10.7 Å². The van der Waals surface area contributed by atoms with Crippen molar-refractivity contribution in [3.05, 3.63) is 64.6 Å². The topological polar surface area (TPSA) is 89.0 Å². The highest BCUT2D eigenvalue weighted by Gasteiger charge is 2.21. The Hall–Kier alpha value is -3.17. The van der Waals surface area contributed by atoms with Gasteiger partial charge in [-0.3, -0.25) is 9.59 Å². The van der Waals surface area contributed by atoms with Gasteiger partial charge in [0.25, 0.3) is 11.8 Å². The molecule has 2 aromatic rings. The number of benzene rings is 2. The zero-order valence-corrected chi connectivity index (χ0v) is 17.0. The van der Waals surface area contributed by atoms with Crippen molar-refractivity contribution >= 4 is 52.4 Å². The molecule has 2 aromatic carbocycles. The Bertz CT molecular complexity index is 970. The van der Waals surface area contributed by atoms with Gasteiger partial charge in [0.15, 0.2) is 6.61 Å². The Morgan fingerprint density at radius 1 is 1.14 bits per heavy atom. The van der Waals surface area contributed by atoms with E-state index in [1.807, 2.05) is 12.1 Å². The lowest BCUT2D eigenvalue weighted by Gasteiger charge is -2.05. The van der Waals surface area contributed by atoms with Gasteiger partial charge in [-0.25, -0.2) is 5.43 Å². The first-order chi connectivity index (χ1) is 14.0. The van der Waals surface area contributed by atoms with Crippen LogP contribution in [0.15, 0.2) is 58.5 Å². The second kappa shape index (κ2) is 9.85. The van der Waals surface area contributed by atoms with Gasteiger partial charge < -0.3 is 14.8 Å². The Balaban J connectivity index is 1.46. The van der Waals surface area contributed by atoms with E-state index in [4.69, 9.17) is 21.7 Å². The van der Waals surface area contributed by atoms with Gasteiger partial charge in [-0.1, -0.05) is 36.1 Å². The zero-order valence-electron chi connectivity index (χ0n) is 15.4. The Kier molecular flexibility index (Phi) is 6.99. The van der Waals surface area contributed by atoms with Crippen molar-refractivity contribution in [2.45, 2.75) is 0 Å².